The number of aromatic nitrogens is 2. The Morgan fingerprint density at radius 1 is 1.64 bits per heavy atom. The van der Waals surface area contributed by atoms with Crippen LogP contribution < -0.4 is 0 Å². The number of aromatic amines is 1. The monoisotopic (exact) mass is 294 g/mol. The Hall–Kier alpha value is 0.0900. The van der Waals surface area contributed by atoms with E-state index in [1.54, 1.807) is 18.9 Å². The van der Waals surface area contributed by atoms with E-state index in [-0.39, 0.29) is 0 Å². The Kier molecular flexibility index (Phi) is 5.08. The van der Waals surface area contributed by atoms with E-state index in [1.807, 2.05) is 6.26 Å². The van der Waals surface area contributed by atoms with Crippen molar-refractivity contribution in [1.29, 1.82) is 0 Å². The summed E-state index contributed by atoms with van der Waals surface area (Å²) in [6.07, 6.45) is 2.02. The number of H-pyrrole nitrogens is 1. The number of nitrogens with zero attached hydrogens (tertiary/aromatic N) is 1. The normalized spacial score (nSPS) is 10.5. The first-order valence-electron chi connectivity index (χ1n) is 3.94. The minimum atomic E-state index is 0.508. The molecule has 1 aromatic heterocycles. The smallest absolute Gasteiger partial charge is 0.144 e. The zero-order chi connectivity index (χ0) is 10.6. The van der Waals surface area contributed by atoms with E-state index in [1.165, 1.54) is 0 Å². The number of nitrogens with one attached hydrogen (secondary N) is 1. The van der Waals surface area contributed by atoms with Crippen LogP contribution in [0, 0.1) is 4.64 Å². The molecule has 6 heteroatoms. The molecule has 0 saturated carbocycles. The summed E-state index contributed by atoms with van der Waals surface area (Å²) in [6, 6.07) is 0. The highest BCUT2D eigenvalue weighted by atomic mass is 79.9. The molecule has 0 atom stereocenters. The van der Waals surface area contributed by atoms with Gasteiger partial charge in [0.2, 0.25) is 0 Å². The highest BCUT2D eigenvalue weighted by Gasteiger charge is 2.05. The van der Waals surface area contributed by atoms with Crippen molar-refractivity contribution in [3.63, 3.8) is 0 Å². The third-order valence-electron chi connectivity index (χ3n) is 1.55. The molecule has 0 saturated heterocycles. The average Bonchev–Trinajstić information content (AvgIpc) is 2.14. The molecule has 0 aliphatic carbocycles. The first-order chi connectivity index (χ1) is 6.69. The van der Waals surface area contributed by atoms with Gasteiger partial charge in [-0.15, -0.1) is 0 Å². The molecule has 0 bridgehead atoms. The molecule has 1 aromatic rings. The predicted molar refractivity (Wildman–Crippen MR) is 65.1 cm³/mol. The number of halogens is 1. The van der Waals surface area contributed by atoms with E-state index in [4.69, 9.17) is 17.0 Å². The summed E-state index contributed by atoms with van der Waals surface area (Å²) in [5.74, 6) is 1.71. The minimum absolute atomic E-state index is 0.508. The Balaban J connectivity index is 3.07. The molecule has 0 spiro atoms. The summed E-state index contributed by atoms with van der Waals surface area (Å²) in [6.45, 7) is 0.508. The number of rotatable bonds is 4. The van der Waals surface area contributed by atoms with Crippen molar-refractivity contribution in [1.82, 2.24) is 9.97 Å². The molecule has 0 unspecified atom stereocenters. The summed E-state index contributed by atoms with van der Waals surface area (Å²) in [7, 11) is 1.65. The molecule has 14 heavy (non-hydrogen) atoms. The van der Waals surface area contributed by atoms with E-state index < -0.39 is 0 Å². The van der Waals surface area contributed by atoms with Crippen LogP contribution in [0.4, 0.5) is 0 Å². The van der Waals surface area contributed by atoms with Gasteiger partial charge < -0.3 is 9.72 Å². The summed E-state index contributed by atoms with van der Waals surface area (Å²) in [4.78, 5) is 7.43. The maximum absolute atomic E-state index is 5.11. The highest BCUT2D eigenvalue weighted by molar-refractivity contribution is 9.10. The Morgan fingerprint density at radius 2 is 2.36 bits per heavy atom. The number of hydrogen-bond acceptors (Lipinski definition) is 4. The van der Waals surface area contributed by atoms with Gasteiger partial charge in [0.05, 0.1) is 22.5 Å². The molecular formula is C8H11BrN2OS2. The maximum atomic E-state index is 5.11. The lowest BCUT2D eigenvalue weighted by molar-refractivity contribution is 0.180. The minimum Gasteiger partial charge on any atom is -0.378 e. The third kappa shape index (κ3) is 3.05. The van der Waals surface area contributed by atoms with Crippen molar-refractivity contribution >= 4 is 39.9 Å². The zero-order valence-corrected chi connectivity index (χ0v) is 11.2. The van der Waals surface area contributed by atoms with E-state index in [0.717, 1.165) is 21.7 Å². The molecular weight excluding hydrogens is 284 g/mol. The summed E-state index contributed by atoms with van der Waals surface area (Å²) < 4.78 is 6.46. The average molecular weight is 295 g/mol. The van der Waals surface area contributed by atoms with Crippen LogP contribution in [0.25, 0.3) is 0 Å². The van der Waals surface area contributed by atoms with Gasteiger partial charge in [-0.05, 0) is 22.2 Å². The number of methoxy groups -OCH3 is 1. The molecule has 1 N–H and O–H groups in total. The van der Waals surface area contributed by atoms with Gasteiger partial charge in [0.1, 0.15) is 10.5 Å². The number of hydrogen-bond donors (Lipinski definition) is 1. The molecule has 1 heterocycles. The maximum Gasteiger partial charge on any atom is 0.144 e. The van der Waals surface area contributed by atoms with E-state index in [9.17, 15) is 0 Å². The summed E-state index contributed by atoms with van der Waals surface area (Å²) in [5.41, 5.74) is 0.941. The first-order valence-corrected chi connectivity index (χ1v) is 6.54. The standard InChI is InChI=1S/C8H11BrN2OS2/c1-12-3-5-7(9)8(13)11-6(10-5)4-14-2/h3-4H2,1-2H3,(H,10,11,13). The predicted octanol–water partition coefficient (Wildman–Crippen LogP) is 2.91. The second-order valence-corrected chi connectivity index (χ2v) is 4.69. The van der Waals surface area contributed by atoms with Crippen LogP contribution >= 0.6 is 39.9 Å². The van der Waals surface area contributed by atoms with Crippen molar-refractivity contribution in [3.8, 4) is 0 Å². The molecule has 0 aliphatic rings. The Morgan fingerprint density at radius 3 is 2.93 bits per heavy atom. The fourth-order valence-electron chi connectivity index (χ4n) is 1.01. The molecule has 78 valence electrons. The lowest BCUT2D eigenvalue weighted by Gasteiger charge is -2.06. The quantitative estimate of drug-likeness (QED) is 0.867. The van der Waals surface area contributed by atoms with Gasteiger partial charge in [0.15, 0.2) is 0 Å². The van der Waals surface area contributed by atoms with Gasteiger partial charge in [-0.2, -0.15) is 11.8 Å². The van der Waals surface area contributed by atoms with Gasteiger partial charge in [0.25, 0.3) is 0 Å². The third-order valence-corrected chi connectivity index (χ3v) is 3.53. The molecule has 0 aliphatic heterocycles. The second kappa shape index (κ2) is 5.85. The van der Waals surface area contributed by atoms with Crippen molar-refractivity contribution in [2.75, 3.05) is 13.4 Å². The lowest BCUT2D eigenvalue weighted by Crippen LogP contribution is -2.01. The summed E-state index contributed by atoms with van der Waals surface area (Å²) >= 11 is 10.2. The van der Waals surface area contributed by atoms with Crippen LogP contribution in [-0.4, -0.2) is 23.3 Å². The van der Waals surface area contributed by atoms with Crippen LogP contribution in [-0.2, 0) is 17.1 Å². The van der Waals surface area contributed by atoms with Crippen LogP contribution in [0.15, 0.2) is 4.47 Å². The van der Waals surface area contributed by atoms with Crippen molar-refractivity contribution < 1.29 is 4.74 Å². The van der Waals surface area contributed by atoms with E-state index >= 15 is 0 Å². The Bertz CT molecular complexity index is 367. The van der Waals surface area contributed by atoms with E-state index in [0.29, 0.717) is 11.2 Å². The highest BCUT2D eigenvalue weighted by Crippen LogP contribution is 2.17. The SMILES string of the molecule is COCc1[nH]c(CSC)nc(=S)c1Br. The zero-order valence-electron chi connectivity index (χ0n) is 7.96. The van der Waals surface area contributed by atoms with Gasteiger partial charge in [-0.3, -0.25) is 0 Å². The molecule has 0 amide bonds. The van der Waals surface area contributed by atoms with Crippen LogP contribution in [0.2, 0.25) is 0 Å². The molecule has 1 rings (SSSR count). The fraction of sp³-hybridized carbons (Fsp3) is 0.500. The fourth-order valence-corrected chi connectivity index (χ4v) is 1.95. The second-order valence-electron chi connectivity index (χ2n) is 2.65. The van der Waals surface area contributed by atoms with Crippen LogP contribution in [0.3, 0.4) is 0 Å². The van der Waals surface area contributed by atoms with Crippen LogP contribution in [0.5, 0.6) is 0 Å². The van der Waals surface area contributed by atoms with Gasteiger partial charge >= 0.3 is 0 Å². The molecule has 3 nitrogen and oxygen atoms in total. The first kappa shape index (κ1) is 12.2. The topological polar surface area (TPSA) is 37.9 Å². The number of thioether (sulfide) groups is 1. The van der Waals surface area contributed by atoms with Crippen molar-refractivity contribution in [2.45, 2.75) is 12.4 Å². The van der Waals surface area contributed by atoms with E-state index in [2.05, 4.69) is 25.9 Å². The molecule has 0 radical (unpaired) electrons. The van der Waals surface area contributed by atoms with Crippen molar-refractivity contribution in [3.05, 3.63) is 20.6 Å². The van der Waals surface area contributed by atoms with Crippen LogP contribution in [0.1, 0.15) is 11.5 Å². The molecule has 0 fully saturated rings. The van der Waals surface area contributed by atoms with Gasteiger partial charge in [-0.25, -0.2) is 4.98 Å². The van der Waals surface area contributed by atoms with Crippen molar-refractivity contribution in [2.24, 2.45) is 0 Å². The Labute approximate surface area is 101 Å². The van der Waals surface area contributed by atoms with Gasteiger partial charge in [0, 0.05) is 7.11 Å². The summed E-state index contributed by atoms with van der Waals surface area (Å²) in [5, 5.41) is 0. The lowest BCUT2D eigenvalue weighted by atomic mass is 10.4. The molecule has 0 aromatic carbocycles. The van der Waals surface area contributed by atoms with Gasteiger partial charge in [-0.1, -0.05) is 12.2 Å². The largest absolute Gasteiger partial charge is 0.378 e. The number of ether oxygens (including phenoxy) is 1.